The molecule has 1 atom stereocenters. The van der Waals surface area contributed by atoms with Gasteiger partial charge in [0.05, 0.1) is 6.67 Å². The number of aromatic nitrogens is 1. The van der Waals surface area contributed by atoms with E-state index in [1.807, 2.05) is 36.4 Å². The first-order valence-corrected chi connectivity index (χ1v) is 10.5. The van der Waals surface area contributed by atoms with E-state index in [1.165, 1.54) is 27.2 Å². The molecule has 3 aromatic rings. The van der Waals surface area contributed by atoms with Crippen molar-refractivity contribution >= 4 is 12.0 Å². The number of nitrogens with one attached hydrogen (secondary N) is 1. The van der Waals surface area contributed by atoms with Crippen LogP contribution in [0.1, 0.15) is 29.0 Å². The maximum absolute atomic E-state index is 12.9. The zero-order valence-electron chi connectivity index (χ0n) is 17.0. The van der Waals surface area contributed by atoms with Gasteiger partial charge in [-0.05, 0) is 46.7 Å². The Labute approximate surface area is 180 Å². The molecule has 6 nitrogen and oxygen atoms in total. The van der Waals surface area contributed by atoms with Crippen molar-refractivity contribution in [2.24, 2.45) is 0 Å². The van der Waals surface area contributed by atoms with Crippen LogP contribution in [-0.4, -0.2) is 41.2 Å². The monoisotopic (exact) mass is 413 g/mol. The van der Waals surface area contributed by atoms with Crippen LogP contribution in [-0.2, 0) is 16.0 Å². The second kappa shape index (κ2) is 8.22. The largest absolute Gasteiger partial charge is 0.448 e. The first-order valence-electron chi connectivity index (χ1n) is 10.5. The van der Waals surface area contributed by atoms with Gasteiger partial charge in [-0.1, -0.05) is 54.6 Å². The number of benzene rings is 2. The molecular formula is C25H23N3O3. The lowest BCUT2D eigenvalue weighted by molar-refractivity contribution is -0.121. The van der Waals surface area contributed by atoms with Crippen molar-refractivity contribution in [1.82, 2.24) is 15.2 Å². The van der Waals surface area contributed by atoms with Crippen molar-refractivity contribution in [2.45, 2.75) is 24.8 Å². The standard InChI is InChI=1S/C25H23N3O3/c29-24-23(12-11-17-6-5-13-26-14-17)28(16-27-24)25(30)31-15-22-20-9-3-1-7-18(20)19-8-2-4-10-21(19)22/h1-10,13-14,22-23H,11-12,15-16H2,(H,27,29)/t23-/m0/s1. The predicted octanol–water partition coefficient (Wildman–Crippen LogP) is 3.72. The fourth-order valence-electron chi connectivity index (χ4n) is 4.54. The fourth-order valence-corrected chi connectivity index (χ4v) is 4.54. The van der Waals surface area contributed by atoms with E-state index in [-0.39, 0.29) is 25.1 Å². The zero-order valence-corrected chi connectivity index (χ0v) is 17.0. The summed E-state index contributed by atoms with van der Waals surface area (Å²) >= 11 is 0. The van der Waals surface area contributed by atoms with Gasteiger partial charge in [-0.25, -0.2) is 4.79 Å². The molecule has 2 aliphatic rings. The summed E-state index contributed by atoms with van der Waals surface area (Å²) in [5.74, 6) is -0.145. The minimum Gasteiger partial charge on any atom is -0.448 e. The molecule has 2 heterocycles. The lowest BCUT2D eigenvalue weighted by Crippen LogP contribution is -2.39. The summed E-state index contributed by atoms with van der Waals surface area (Å²) in [6.07, 6.45) is 4.23. The third kappa shape index (κ3) is 3.65. The molecule has 1 saturated heterocycles. The highest BCUT2D eigenvalue weighted by atomic mass is 16.6. The summed E-state index contributed by atoms with van der Waals surface area (Å²) in [6.45, 7) is 0.417. The predicted molar refractivity (Wildman–Crippen MR) is 116 cm³/mol. The van der Waals surface area contributed by atoms with E-state index in [0.29, 0.717) is 12.8 Å². The molecule has 0 radical (unpaired) electrons. The highest BCUT2D eigenvalue weighted by Gasteiger charge is 2.37. The molecule has 1 aliphatic heterocycles. The quantitative estimate of drug-likeness (QED) is 0.692. The topological polar surface area (TPSA) is 71.5 Å². The second-order valence-corrected chi connectivity index (χ2v) is 7.89. The smallest absolute Gasteiger partial charge is 0.411 e. The molecule has 1 fully saturated rings. The third-order valence-electron chi connectivity index (χ3n) is 6.10. The van der Waals surface area contributed by atoms with Crippen molar-refractivity contribution < 1.29 is 14.3 Å². The van der Waals surface area contributed by atoms with E-state index < -0.39 is 12.1 Å². The highest BCUT2D eigenvalue weighted by molar-refractivity contribution is 5.88. The third-order valence-corrected chi connectivity index (χ3v) is 6.10. The normalized spacial score (nSPS) is 17.2. The maximum Gasteiger partial charge on any atom is 0.411 e. The first-order chi connectivity index (χ1) is 15.2. The van der Waals surface area contributed by atoms with Crippen LogP contribution >= 0.6 is 0 Å². The average Bonchev–Trinajstić information content (AvgIpc) is 3.34. The summed E-state index contributed by atoms with van der Waals surface area (Å²) in [5.41, 5.74) is 5.74. The Morgan fingerprint density at radius 2 is 1.74 bits per heavy atom. The summed E-state index contributed by atoms with van der Waals surface area (Å²) in [6, 6.07) is 19.8. The molecular weight excluding hydrogens is 390 g/mol. The number of carbonyl (C=O) groups is 2. The number of amides is 2. The van der Waals surface area contributed by atoms with Crippen molar-refractivity contribution in [2.75, 3.05) is 13.3 Å². The van der Waals surface area contributed by atoms with E-state index in [2.05, 4.69) is 34.6 Å². The Balaban J connectivity index is 1.27. The number of fused-ring (bicyclic) bond motifs is 3. The van der Waals surface area contributed by atoms with Gasteiger partial charge < -0.3 is 10.1 Å². The van der Waals surface area contributed by atoms with E-state index in [4.69, 9.17) is 4.74 Å². The lowest BCUT2D eigenvalue weighted by Gasteiger charge is -2.22. The minimum absolute atomic E-state index is 0.00328. The molecule has 5 rings (SSSR count). The Kier molecular flexibility index (Phi) is 5.12. The number of pyridine rings is 1. The molecule has 0 bridgehead atoms. The van der Waals surface area contributed by atoms with Crippen LogP contribution < -0.4 is 5.32 Å². The number of nitrogens with zero attached hydrogens (tertiary/aromatic N) is 2. The highest BCUT2D eigenvalue weighted by Crippen LogP contribution is 2.44. The van der Waals surface area contributed by atoms with E-state index >= 15 is 0 Å². The first kappa shape index (κ1) is 19.3. The van der Waals surface area contributed by atoms with Gasteiger partial charge in [0, 0.05) is 18.3 Å². The molecule has 1 N–H and O–H groups in total. The van der Waals surface area contributed by atoms with Crippen LogP contribution in [0.2, 0.25) is 0 Å². The summed E-state index contributed by atoms with van der Waals surface area (Å²) in [4.78, 5) is 30.8. The molecule has 156 valence electrons. The molecule has 2 aromatic carbocycles. The molecule has 31 heavy (non-hydrogen) atoms. The number of rotatable bonds is 5. The van der Waals surface area contributed by atoms with Crippen LogP contribution in [0, 0.1) is 0 Å². The van der Waals surface area contributed by atoms with Crippen LogP contribution in [0.3, 0.4) is 0 Å². The Bertz CT molecular complexity index is 1070. The number of aryl methyl sites for hydroxylation is 1. The number of carbonyl (C=O) groups excluding carboxylic acids is 2. The average molecular weight is 413 g/mol. The van der Waals surface area contributed by atoms with Gasteiger partial charge in [0.15, 0.2) is 0 Å². The van der Waals surface area contributed by atoms with E-state index in [9.17, 15) is 9.59 Å². The van der Waals surface area contributed by atoms with Crippen molar-refractivity contribution in [3.05, 3.63) is 89.7 Å². The van der Waals surface area contributed by atoms with E-state index in [1.54, 1.807) is 12.4 Å². The molecule has 6 heteroatoms. The summed E-state index contributed by atoms with van der Waals surface area (Å²) < 4.78 is 5.74. The van der Waals surface area contributed by atoms with Gasteiger partial charge in [0.1, 0.15) is 12.6 Å². The molecule has 1 aromatic heterocycles. The van der Waals surface area contributed by atoms with Crippen molar-refractivity contribution in [3.8, 4) is 11.1 Å². The van der Waals surface area contributed by atoms with Gasteiger partial charge >= 0.3 is 6.09 Å². The summed E-state index contributed by atoms with van der Waals surface area (Å²) in [5, 5.41) is 2.77. The Hall–Kier alpha value is -3.67. The van der Waals surface area contributed by atoms with Gasteiger partial charge in [0.2, 0.25) is 5.91 Å². The van der Waals surface area contributed by atoms with Crippen molar-refractivity contribution in [3.63, 3.8) is 0 Å². The second-order valence-electron chi connectivity index (χ2n) is 7.89. The van der Waals surface area contributed by atoms with Crippen LogP contribution in [0.25, 0.3) is 11.1 Å². The fraction of sp³-hybridized carbons (Fsp3) is 0.240. The summed E-state index contributed by atoms with van der Waals surface area (Å²) in [7, 11) is 0. The minimum atomic E-state index is -0.532. The van der Waals surface area contributed by atoms with Gasteiger partial charge in [0.25, 0.3) is 0 Å². The van der Waals surface area contributed by atoms with E-state index in [0.717, 1.165) is 5.56 Å². The number of ether oxygens (including phenoxy) is 1. The number of hydrogen-bond donors (Lipinski definition) is 1. The molecule has 0 saturated carbocycles. The molecule has 0 unspecified atom stereocenters. The molecule has 1 aliphatic carbocycles. The van der Waals surface area contributed by atoms with Gasteiger partial charge in [-0.3, -0.25) is 14.7 Å². The molecule has 2 amide bonds. The number of hydrogen-bond acceptors (Lipinski definition) is 4. The lowest BCUT2D eigenvalue weighted by atomic mass is 9.98. The van der Waals surface area contributed by atoms with Gasteiger partial charge in [-0.15, -0.1) is 0 Å². The van der Waals surface area contributed by atoms with Crippen molar-refractivity contribution in [1.29, 1.82) is 0 Å². The Morgan fingerprint density at radius 1 is 1.03 bits per heavy atom. The van der Waals surface area contributed by atoms with Gasteiger partial charge in [-0.2, -0.15) is 0 Å². The molecule has 0 spiro atoms. The van der Waals surface area contributed by atoms with Crippen LogP contribution in [0.4, 0.5) is 4.79 Å². The maximum atomic E-state index is 12.9. The SMILES string of the molecule is O=C1NCN(C(=O)OCC2c3ccccc3-c3ccccc32)[C@H]1CCc1cccnc1. The van der Waals surface area contributed by atoms with Crippen LogP contribution in [0.15, 0.2) is 73.1 Å². The Morgan fingerprint density at radius 3 is 2.42 bits per heavy atom. The zero-order chi connectivity index (χ0) is 21.2. The van der Waals surface area contributed by atoms with Crippen LogP contribution in [0.5, 0.6) is 0 Å².